The Bertz CT molecular complexity index is 749. The Morgan fingerprint density at radius 3 is 2.25 bits per heavy atom. The van der Waals surface area contributed by atoms with Crippen LogP contribution in [0.25, 0.3) is 0 Å². The monoisotopic (exact) mass is 431 g/mol. The van der Waals surface area contributed by atoms with Gasteiger partial charge < -0.3 is 15.5 Å². The fourth-order valence-electron chi connectivity index (χ4n) is 3.78. The van der Waals surface area contributed by atoms with E-state index in [0.29, 0.717) is 24.7 Å². The zero-order chi connectivity index (χ0) is 20.9. The number of nitrogens with zero attached hydrogens (tertiary/aromatic N) is 3. The molecule has 1 amide bonds. The van der Waals surface area contributed by atoms with Crippen molar-refractivity contribution < 1.29 is 13.2 Å². The maximum atomic E-state index is 12.8. The van der Waals surface area contributed by atoms with E-state index in [9.17, 15) is 13.2 Å². The van der Waals surface area contributed by atoms with E-state index >= 15 is 0 Å². The van der Waals surface area contributed by atoms with Crippen LogP contribution in [0, 0.1) is 0 Å². The van der Waals surface area contributed by atoms with Crippen molar-refractivity contribution in [3.8, 4) is 0 Å². The molecule has 2 rings (SSSR count). The van der Waals surface area contributed by atoms with E-state index in [4.69, 9.17) is 17.3 Å². The number of hydrogen-bond donors (Lipinski definition) is 2. The molecule has 2 heterocycles. The molecule has 0 atom stereocenters. The maximum Gasteiger partial charge on any atom is 0.272 e. The van der Waals surface area contributed by atoms with Crippen LogP contribution >= 0.6 is 11.6 Å². The van der Waals surface area contributed by atoms with Crippen LogP contribution < -0.4 is 10.5 Å². The van der Waals surface area contributed by atoms with E-state index in [2.05, 4.69) is 21.2 Å². The van der Waals surface area contributed by atoms with Gasteiger partial charge >= 0.3 is 0 Å². The molecule has 0 aromatic rings. The van der Waals surface area contributed by atoms with Gasteiger partial charge in [-0.2, -0.15) is 0 Å². The number of likely N-dealkylation sites (tertiary alicyclic amines) is 2. The van der Waals surface area contributed by atoms with Crippen LogP contribution in [0.5, 0.6) is 0 Å². The molecule has 0 saturated carbocycles. The highest BCUT2D eigenvalue weighted by Gasteiger charge is 2.31. The number of carbonyl (C=O) groups excluding carboxylic acids is 1. The summed E-state index contributed by atoms with van der Waals surface area (Å²) in [7, 11) is -3.16. The second-order valence-corrected chi connectivity index (χ2v) is 9.62. The molecule has 0 aromatic carbocycles. The van der Waals surface area contributed by atoms with Crippen molar-refractivity contribution in [2.75, 3.05) is 32.4 Å². The van der Waals surface area contributed by atoms with Crippen LogP contribution in [0.2, 0.25) is 0 Å². The maximum absolute atomic E-state index is 12.8. The fraction of sp³-hybridized carbons (Fsp3) is 0.667. The van der Waals surface area contributed by atoms with Crippen molar-refractivity contribution in [3.05, 3.63) is 22.9 Å². The Labute approximate surface area is 172 Å². The molecule has 10 heteroatoms. The van der Waals surface area contributed by atoms with Gasteiger partial charge in [0.2, 0.25) is 10.0 Å². The Hall–Kier alpha value is -1.42. The standard InChI is InChI=1S/C18H30ClN5O3S/c1-13(14(2)19)17(21-12-20)18(25)24-10-6-16(7-11-24)23-8-4-15(5-9-23)22-28(3,26)27/h12,15-16,22H,2,4-11H2,1,3H3,(H2,20,21)/b17-13-. The lowest BCUT2D eigenvalue weighted by Gasteiger charge is -2.41. The van der Waals surface area contributed by atoms with Crippen molar-refractivity contribution in [2.24, 2.45) is 10.7 Å². The summed E-state index contributed by atoms with van der Waals surface area (Å²) in [6, 6.07) is 0.416. The molecule has 158 valence electrons. The topological polar surface area (TPSA) is 108 Å². The van der Waals surface area contributed by atoms with Crippen molar-refractivity contribution in [1.82, 2.24) is 14.5 Å². The van der Waals surface area contributed by atoms with E-state index in [1.54, 1.807) is 11.8 Å². The highest BCUT2D eigenvalue weighted by molar-refractivity contribution is 7.88. The quantitative estimate of drug-likeness (QED) is 0.282. The van der Waals surface area contributed by atoms with Gasteiger partial charge in [0.15, 0.2) is 0 Å². The molecule has 2 fully saturated rings. The van der Waals surface area contributed by atoms with Crippen LogP contribution in [0.4, 0.5) is 0 Å². The molecule has 0 unspecified atom stereocenters. The van der Waals surface area contributed by atoms with Crippen LogP contribution in [0.1, 0.15) is 32.6 Å². The first kappa shape index (κ1) is 22.9. The molecule has 28 heavy (non-hydrogen) atoms. The minimum absolute atomic E-state index is 0.0152. The summed E-state index contributed by atoms with van der Waals surface area (Å²) in [4.78, 5) is 21.0. The molecule has 8 nitrogen and oxygen atoms in total. The number of carbonyl (C=O) groups is 1. The van der Waals surface area contributed by atoms with Gasteiger partial charge in [0, 0.05) is 30.2 Å². The van der Waals surface area contributed by atoms with E-state index < -0.39 is 10.0 Å². The highest BCUT2D eigenvalue weighted by atomic mass is 35.5. The molecular weight excluding hydrogens is 402 g/mol. The van der Waals surface area contributed by atoms with E-state index in [1.165, 1.54) is 6.26 Å². The Balaban J connectivity index is 1.90. The lowest BCUT2D eigenvalue weighted by atomic mass is 9.98. The van der Waals surface area contributed by atoms with Crippen molar-refractivity contribution >= 4 is 33.9 Å². The highest BCUT2D eigenvalue weighted by Crippen LogP contribution is 2.24. The molecule has 2 aliphatic heterocycles. The minimum atomic E-state index is -3.16. The normalized spacial score (nSPS) is 21.8. The molecule has 0 aromatic heterocycles. The van der Waals surface area contributed by atoms with E-state index in [-0.39, 0.29) is 22.7 Å². The van der Waals surface area contributed by atoms with Crippen molar-refractivity contribution in [1.29, 1.82) is 0 Å². The molecule has 0 aliphatic carbocycles. The van der Waals surface area contributed by atoms with Gasteiger partial charge in [0.1, 0.15) is 5.70 Å². The number of nitrogens with one attached hydrogen (secondary N) is 1. The summed E-state index contributed by atoms with van der Waals surface area (Å²) in [5.74, 6) is -0.185. The number of halogens is 1. The molecule has 2 aliphatic rings. The average molecular weight is 432 g/mol. The second-order valence-electron chi connectivity index (χ2n) is 7.38. The van der Waals surface area contributed by atoms with Crippen molar-refractivity contribution in [3.63, 3.8) is 0 Å². The molecule has 2 saturated heterocycles. The molecule has 0 bridgehead atoms. The molecule has 0 radical (unpaired) electrons. The van der Waals surface area contributed by atoms with Crippen LogP contribution in [-0.2, 0) is 14.8 Å². The second kappa shape index (κ2) is 9.87. The zero-order valence-corrected chi connectivity index (χ0v) is 18.1. The van der Waals surface area contributed by atoms with Gasteiger partial charge in [-0.1, -0.05) is 18.2 Å². The molecule has 0 spiro atoms. The summed E-state index contributed by atoms with van der Waals surface area (Å²) in [5, 5.41) is 0.273. The van der Waals surface area contributed by atoms with Gasteiger partial charge in [-0.25, -0.2) is 18.1 Å². The largest absolute Gasteiger partial charge is 0.390 e. The summed E-state index contributed by atoms with van der Waals surface area (Å²) < 4.78 is 25.4. The average Bonchev–Trinajstić information content (AvgIpc) is 2.64. The number of sulfonamides is 1. The molecular formula is C18H30ClN5O3S. The number of allylic oxidation sites excluding steroid dienone is 2. The van der Waals surface area contributed by atoms with Crippen LogP contribution in [0.3, 0.4) is 0 Å². The van der Waals surface area contributed by atoms with E-state index in [1.807, 2.05) is 0 Å². The van der Waals surface area contributed by atoms with Crippen molar-refractivity contribution in [2.45, 2.75) is 44.7 Å². The lowest BCUT2D eigenvalue weighted by molar-refractivity contribution is -0.128. The van der Waals surface area contributed by atoms with Crippen LogP contribution in [-0.4, -0.2) is 75.0 Å². The number of amides is 1. The first-order valence-corrected chi connectivity index (χ1v) is 11.7. The van der Waals surface area contributed by atoms with Gasteiger partial charge in [-0.05, 0) is 51.3 Å². The number of rotatable bonds is 6. The minimum Gasteiger partial charge on any atom is -0.390 e. The Morgan fingerprint density at radius 2 is 1.79 bits per heavy atom. The third-order valence-corrected chi connectivity index (χ3v) is 6.39. The van der Waals surface area contributed by atoms with Gasteiger partial charge in [-0.15, -0.1) is 0 Å². The third-order valence-electron chi connectivity index (χ3n) is 5.35. The summed E-state index contributed by atoms with van der Waals surface area (Å²) in [5.41, 5.74) is 6.14. The smallest absolute Gasteiger partial charge is 0.272 e. The lowest BCUT2D eigenvalue weighted by Crippen LogP contribution is -2.51. The number of aliphatic imine (C=N–C) groups is 1. The third kappa shape index (κ3) is 6.30. The predicted molar refractivity (Wildman–Crippen MR) is 113 cm³/mol. The summed E-state index contributed by atoms with van der Waals surface area (Å²) >= 11 is 5.93. The SMILES string of the molecule is C=C(Cl)/C(C)=C(\N=CN)C(=O)N1CCC(N2CCC(NS(C)(=O)=O)CC2)CC1. The number of hydrogen-bond acceptors (Lipinski definition) is 5. The molecule has 3 N–H and O–H groups in total. The summed E-state index contributed by atoms with van der Waals surface area (Å²) in [6.45, 7) is 8.36. The first-order valence-electron chi connectivity index (χ1n) is 9.43. The van der Waals surface area contributed by atoms with Gasteiger partial charge in [-0.3, -0.25) is 4.79 Å². The van der Waals surface area contributed by atoms with Crippen LogP contribution in [0.15, 0.2) is 27.9 Å². The van der Waals surface area contributed by atoms with Gasteiger partial charge in [0.25, 0.3) is 5.91 Å². The number of piperidine rings is 2. The Morgan fingerprint density at radius 1 is 1.21 bits per heavy atom. The predicted octanol–water partition coefficient (Wildman–Crippen LogP) is 1.00. The van der Waals surface area contributed by atoms with Gasteiger partial charge in [0.05, 0.1) is 12.6 Å². The first-order chi connectivity index (χ1) is 13.1. The summed E-state index contributed by atoms with van der Waals surface area (Å²) in [6.07, 6.45) is 5.65. The fourth-order valence-corrected chi connectivity index (χ4v) is 4.72. The Kier molecular flexibility index (Phi) is 8.06. The number of nitrogens with two attached hydrogens (primary N) is 1. The zero-order valence-electron chi connectivity index (χ0n) is 16.5. The van der Waals surface area contributed by atoms with E-state index in [0.717, 1.165) is 45.1 Å².